The molecule has 0 spiro atoms. The monoisotopic (exact) mass is 563 g/mol. The third kappa shape index (κ3) is 6.79. The van der Waals surface area contributed by atoms with E-state index in [0.717, 1.165) is 68.3 Å². The van der Waals surface area contributed by atoms with Crippen LogP contribution in [0.4, 0.5) is 4.39 Å². The van der Waals surface area contributed by atoms with Crippen LogP contribution in [0.3, 0.4) is 0 Å². The van der Waals surface area contributed by atoms with Gasteiger partial charge < -0.3 is 20.0 Å². The molecule has 2 aromatic carbocycles. The van der Waals surface area contributed by atoms with Crippen molar-refractivity contribution < 1.29 is 19.1 Å². The van der Waals surface area contributed by atoms with Gasteiger partial charge in [0.05, 0.1) is 16.6 Å². The van der Waals surface area contributed by atoms with Gasteiger partial charge >= 0.3 is 0 Å². The number of carbonyl (C=O) groups is 2. The number of aromatic nitrogens is 2. The summed E-state index contributed by atoms with van der Waals surface area (Å²) in [6, 6.07) is 11.9. The summed E-state index contributed by atoms with van der Waals surface area (Å²) in [6.07, 6.45) is 4.09. The summed E-state index contributed by atoms with van der Waals surface area (Å²) in [7, 11) is 0. The number of H-pyrrole nitrogens is 1. The lowest BCUT2D eigenvalue weighted by Gasteiger charge is -2.29. The number of rotatable bonds is 7. The topological polar surface area (TPSA) is 103 Å². The Balaban J connectivity index is 1.46. The van der Waals surface area contributed by atoms with E-state index in [1.54, 1.807) is 0 Å². The highest BCUT2D eigenvalue weighted by Crippen LogP contribution is 2.34. The van der Waals surface area contributed by atoms with E-state index in [1.807, 2.05) is 33.8 Å². The van der Waals surface area contributed by atoms with E-state index in [1.165, 1.54) is 24.3 Å². The van der Waals surface area contributed by atoms with Crippen LogP contribution in [0.15, 0.2) is 47.5 Å². The van der Waals surface area contributed by atoms with Gasteiger partial charge in [0.25, 0.3) is 5.91 Å². The summed E-state index contributed by atoms with van der Waals surface area (Å²) < 4.78 is 15.6. The quantitative estimate of drug-likeness (QED) is 0.388. The molecule has 0 radical (unpaired) electrons. The van der Waals surface area contributed by atoms with E-state index < -0.39 is 17.3 Å². The smallest absolute Gasteiger partial charge is 0.280 e. The van der Waals surface area contributed by atoms with Crippen molar-refractivity contribution in [3.63, 3.8) is 0 Å². The molecule has 2 amide bonds. The fourth-order valence-corrected chi connectivity index (χ4v) is 6.29. The minimum atomic E-state index is -0.694. The molecule has 1 unspecified atom stereocenters. The number of fused-ring (bicyclic) bond motifs is 1. The van der Waals surface area contributed by atoms with Crippen LogP contribution in [0, 0.1) is 17.7 Å². The van der Waals surface area contributed by atoms with E-state index in [2.05, 4.69) is 36.9 Å². The summed E-state index contributed by atoms with van der Waals surface area (Å²) >= 11 is 0. The molecule has 3 aromatic rings. The van der Waals surface area contributed by atoms with Crippen molar-refractivity contribution in [3.05, 3.63) is 65.0 Å². The van der Waals surface area contributed by atoms with Gasteiger partial charge in [-0.3, -0.25) is 14.5 Å². The van der Waals surface area contributed by atoms with Gasteiger partial charge in [-0.15, -0.1) is 0 Å². The number of benzene rings is 2. The number of halogens is 1. The number of nitrogens with one attached hydrogen (secondary N) is 2. The Morgan fingerprint density at radius 3 is 2.44 bits per heavy atom. The number of nitrogens with zero attached hydrogens (tertiary/aromatic N) is 3. The first kappa shape index (κ1) is 29.2. The Morgan fingerprint density at radius 2 is 1.80 bits per heavy atom. The van der Waals surface area contributed by atoms with E-state index in [-0.39, 0.29) is 29.8 Å². The van der Waals surface area contributed by atoms with Gasteiger partial charge in [0.1, 0.15) is 5.82 Å². The fourth-order valence-electron chi connectivity index (χ4n) is 6.29. The van der Waals surface area contributed by atoms with E-state index in [4.69, 9.17) is 0 Å². The molecule has 220 valence electrons. The highest BCUT2D eigenvalue weighted by molar-refractivity contribution is 5.95. The molecule has 1 saturated heterocycles. The highest BCUT2D eigenvalue weighted by Gasteiger charge is 2.33. The van der Waals surface area contributed by atoms with Gasteiger partial charge in [0, 0.05) is 42.6 Å². The first-order valence-corrected chi connectivity index (χ1v) is 14.8. The van der Waals surface area contributed by atoms with Gasteiger partial charge in [0.2, 0.25) is 11.5 Å². The molecule has 1 saturated carbocycles. The second kappa shape index (κ2) is 11.9. The molecule has 2 aliphatic rings. The third-order valence-electron chi connectivity index (χ3n) is 8.64. The number of amides is 2. The van der Waals surface area contributed by atoms with E-state index >= 15 is 0 Å². The molecule has 2 fully saturated rings. The zero-order chi connectivity index (χ0) is 29.3. The predicted molar refractivity (Wildman–Crippen MR) is 157 cm³/mol. The molecule has 3 N–H and O–H groups in total. The molecule has 9 heteroatoms. The van der Waals surface area contributed by atoms with E-state index in [9.17, 15) is 19.1 Å². The third-order valence-corrected chi connectivity index (χ3v) is 8.64. The maximum Gasteiger partial charge on any atom is 0.280 e. The van der Waals surface area contributed by atoms with Crippen LogP contribution in [0.5, 0.6) is 0 Å². The number of hydrogen-bond donors (Lipinski definition) is 3. The molecule has 1 aliphatic heterocycles. The highest BCUT2D eigenvalue weighted by atomic mass is 19.1. The number of aromatic amines is 1. The number of likely N-dealkylation sites (tertiary alicyclic amines) is 1. The van der Waals surface area contributed by atoms with Gasteiger partial charge in [-0.2, -0.15) is 4.99 Å². The van der Waals surface area contributed by atoms with Crippen molar-refractivity contribution in [2.45, 2.75) is 84.0 Å². The molecule has 0 bridgehead atoms. The second-order valence-corrected chi connectivity index (χ2v) is 12.6. The van der Waals surface area contributed by atoms with Gasteiger partial charge in [-0.1, -0.05) is 6.07 Å². The van der Waals surface area contributed by atoms with Crippen LogP contribution < -0.4 is 10.9 Å². The van der Waals surface area contributed by atoms with Gasteiger partial charge in [0.15, 0.2) is 0 Å². The maximum absolute atomic E-state index is 13.4. The van der Waals surface area contributed by atoms with Crippen LogP contribution in [-0.4, -0.2) is 56.1 Å². The summed E-state index contributed by atoms with van der Waals surface area (Å²) in [4.78, 5) is 36.0. The van der Waals surface area contributed by atoms with E-state index in [0.29, 0.717) is 11.2 Å². The Hall–Kier alpha value is -3.30. The number of imidazole rings is 1. The first-order valence-electron chi connectivity index (χ1n) is 14.8. The van der Waals surface area contributed by atoms with Crippen molar-refractivity contribution in [1.29, 1.82) is 0 Å². The molecule has 1 aliphatic carbocycles. The lowest BCUT2D eigenvalue weighted by molar-refractivity contribution is -0.126. The number of hydrogen-bond acceptors (Lipinski definition) is 4. The standard InChI is InChI=1S/C32H42FN5O3/c1-20(2)34-29(39)23-8-12-26(13-9-23)38-28-17-21(18-37-16-15-24(19-37)32(3,4)41)5-14-27(28)35-31(38)36-30(40)22-6-10-25(33)11-7-22/h5-7,10-11,14,17,20,23-24,26,41H,8-9,12-13,15-16,18-19H2,1-4H3,(H,34,39)(H,35,36,40). The average molecular weight is 564 g/mol. The van der Waals surface area contributed by atoms with Crippen LogP contribution in [0.2, 0.25) is 0 Å². The van der Waals surface area contributed by atoms with Crippen LogP contribution in [0.1, 0.15) is 81.8 Å². The number of aliphatic hydroxyl groups is 1. The molecule has 41 heavy (non-hydrogen) atoms. The van der Waals surface area contributed by atoms with Crippen LogP contribution in [-0.2, 0) is 11.3 Å². The zero-order valence-corrected chi connectivity index (χ0v) is 24.5. The fraction of sp³-hybridized carbons (Fsp3) is 0.531. The minimum Gasteiger partial charge on any atom is -0.390 e. The molecule has 1 aromatic heterocycles. The van der Waals surface area contributed by atoms with Crippen LogP contribution >= 0.6 is 0 Å². The van der Waals surface area contributed by atoms with Crippen LogP contribution in [0.25, 0.3) is 11.0 Å². The largest absolute Gasteiger partial charge is 0.390 e. The first-order chi connectivity index (χ1) is 19.5. The number of carbonyl (C=O) groups excluding carboxylic acids is 2. The second-order valence-electron chi connectivity index (χ2n) is 12.6. The normalized spacial score (nSPS) is 22.5. The Bertz CT molecular complexity index is 1460. The van der Waals surface area contributed by atoms with Crippen molar-refractivity contribution in [2.24, 2.45) is 16.8 Å². The Morgan fingerprint density at radius 1 is 1.10 bits per heavy atom. The average Bonchev–Trinajstić information content (AvgIpc) is 3.53. The van der Waals surface area contributed by atoms with Crippen molar-refractivity contribution in [1.82, 2.24) is 19.8 Å². The summed E-state index contributed by atoms with van der Waals surface area (Å²) in [5.41, 5.74) is 3.10. The van der Waals surface area contributed by atoms with Crippen molar-refractivity contribution >= 4 is 22.8 Å². The lowest BCUT2D eigenvalue weighted by Crippen LogP contribution is -2.38. The minimum absolute atomic E-state index is 0.0184. The molecule has 8 nitrogen and oxygen atoms in total. The predicted octanol–water partition coefficient (Wildman–Crippen LogP) is 4.70. The maximum atomic E-state index is 13.4. The van der Waals surface area contributed by atoms with Crippen molar-refractivity contribution in [3.8, 4) is 0 Å². The molecular formula is C32H42FN5O3. The molecule has 2 heterocycles. The Kier molecular flexibility index (Phi) is 8.47. The van der Waals surface area contributed by atoms with Crippen molar-refractivity contribution in [2.75, 3.05) is 13.1 Å². The zero-order valence-electron chi connectivity index (χ0n) is 24.5. The summed E-state index contributed by atoms with van der Waals surface area (Å²) in [5.74, 6) is -0.509. The van der Waals surface area contributed by atoms with Gasteiger partial charge in [-0.25, -0.2) is 4.39 Å². The molecule has 5 rings (SSSR count). The van der Waals surface area contributed by atoms with Gasteiger partial charge in [-0.05, 0) is 108 Å². The summed E-state index contributed by atoms with van der Waals surface area (Å²) in [5, 5.41) is 13.5. The SMILES string of the molecule is CC(C)NC(=O)C1CCC(n2/c(=N\C(=O)c3ccc(F)cc3)[nH]c3ccc(CN4CCC(C(C)(C)O)C4)cc32)CC1. The molecular weight excluding hydrogens is 521 g/mol. The Labute approximate surface area is 240 Å². The summed E-state index contributed by atoms with van der Waals surface area (Å²) in [6.45, 7) is 10.3. The molecule has 1 atom stereocenters. The lowest BCUT2D eigenvalue weighted by atomic mass is 9.85.